The van der Waals surface area contributed by atoms with Crippen molar-refractivity contribution < 1.29 is 24.6 Å². The Kier molecular flexibility index (Phi) is 7.41. The van der Waals surface area contributed by atoms with E-state index in [1.54, 1.807) is 48.5 Å². The standard InChI is InChI=1S/C24H19BrN2O5/c25-20-13-17(22(29)26-14-16-7-4-8-18(28)11-16)9-10-19(20)23(30)27-21(24(31)32)12-15-5-2-1-3-6-15/h1-13,28H,14H2,(H,26,29)(H,27,30)(H,31,32)/b21-12+. The summed E-state index contributed by atoms with van der Waals surface area (Å²) in [7, 11) is 0. The van der Waals surface area contributed by atoms with Gasteiger partial charge in [0.2, 0.25) is 0 Å². The minimum Gasteiger partial charge on any atom is -0.508 e. The summed E-state index contributed by atoms with van der Waals surface area (Å²) in [6, 6.07) is 19.7. The second-order valence-corrected chi connectivity index (χ2v) is 7.63. The molecular weight excluding hydrogens is 476 g/mol. The third-order valence-corrected chi connectivity index (χ3v) is 5.08. The number of phenols is 1. The van der Waals surface area contributed by atoms with Gasteiger partial charge >= 0.3 is 5.97 Å². The highest BCUT2D eigenvalue weighted by atomic mass is 79.9. The van der Waals surface area contributed by atoms with E-state index >= 15 is 0 Å². The van der Waals surface area contributed by atoms with E-state index in [9.17, 15) is 24.6 Å². The molecule has 0 aromatic heterocycles. The SMILES string of the molecule is O=C(O)/C(=C\c1ccccc1)NC(=O)c1ccc(C(=O)NCc2cccc(O)c2)cc1Br. The molecule has 7 nitrogen and oxygen atoms in total. The molecule has 0 aliphatic rings. The van der Waals surface area contributed by atoms with Gasteiger partial charge in [0, 0.05) is 16.6 Å². The molecule has 0 aliphatic carbocycles. The van der Waals surface area contributed by atoms with Crippen LogP contribution in [0.2, 0.25) is 0 Å². The lowest BCUT2D eigenvalue weighted by Crippen LogP contribution is -2.28. The highest BCUT2D eigenvalue weighted by Crippen LogP contribution is 2.20. The fourth-order valence-corrected chi connectivity index (χ4v) is 3.41. The fourth-order valence-electron chi connectivity index (χ4n) is 2.85. The van der Waals surface area contributed by atoms with Crippen molar-refractivity contribution in [3.63, 3.8) is 0 Å². The van der Waals surface area contributed by atoms with E-state index in [-0.39, 0.29) is 29.5 Å². The Balaban J connectivity index is 1.70. The van der Waals surface area contributed by atoms with Crippen LogP contribution in [0.5, 0.6) is 5.75 Å². The minimum absolute atomic E-state index is 0.108. The molecule has 3 rings (SSSR count). The van der Waals surface area contributed by atoms with Crippen molar-refractivity contribution >= 4 is 39.8 Å². The first kappa shape index (κ1) is 22.8. The molecule has 3 aromatic carbocycles. The number of rotatable bonds is 7. The maximum Gasteiger partial charge on any atom is 0.352 e. The summed E-state index contributed by atoms with van der Waals surface area (Å²) in [6.07, 6.45) is 1.36. The highest BCUT2D eigenvalue weighted by Gasteiger charge is 2.17. The normalized spacial score (nSPS) is 11.0. The molecule has 0 unspecified atom stereocenters. The predicted molar refractivity (Wildman–Crippen MR) is 123 cm³/mol. The van der Waals surface area contributed by atoms with Gasteiger partial charge < -0.3 is 20.8 Å². The van der Waals surface area contributed by atoms with E-state index in [4.69, 9.17) is 0 Å². The van der Waals surface area contributed by atoms with Crippen LogP contribution >= 0.6 is 15.9 Å². The second-order valence-electron chi connectivity index (χ2n) is 6.78. The molecule has 0 bridgehead atoms. The Morgan fingerprint density at radius 1 is 0.906 bits per heavy atom. The van der Waals surface area contributed by atoms with Crippen molar-refractivity contribution in [3.05, 3.63) is 105 Å². The summed E-state index contributed by atoms with van der Waals surface area (Å²) in [6.45, 7) is 0.222. The molecule has 4 N–H and O–H groups in total. The molecular formula is C24H19BrN2O5. The van der Waals surface area contributed by atoms with Crippen LogP contribution in [0.25, 0.3) is 6.08 Å². The molecule has 0 heterocycles. The lowest BCUT2D eigenvalue weighted by molar-refractivity contribution is -0.132. The van der Waals surface area contributed by atoms with E-state index in [0.29, 0.717) is 15.6 Å². The number of amides is 2. The summed E-state index contributed by atoms with van der Waals surface area (Å²) in [4.78, 5) is 36.6. The molecule has 0 aliphatic heterocycles. The molecule has 8 heteroatoms. The molecule has 0 atom stereocenters. The zero-order valence-electron chi connectivity index (χ0n) is 16.7. The first-order valence-corrected chi connectivity index (χ1v) is 10.3. The Morgan fingerprint density at radius 2 is 1.66 bits per heavy atom. The Bertz CT molecular complexity index is 1190. The molecule has 2 amide bonds. The topological polar surface area (TPSA) is 116 Å². The number of benzene rings is 3. The van der Waals surface area contributed by atoms with Gasteiger partial charge in [-0.25, -0.2) is 4.79 Å². The third-order valence-electron chi connectivity index (χ3n) is 4.43. The maximum absolute atomic E-state index is 12.6. The van der Waals surface area contributed by atoms with Crippen molar-refractivity contribution in [3.8, 4) is 5.75 Å². The molecule has 0 spiro atoms. The van der Waals surface area contributed by atoms with Gasteiger partial charge in [-0.3, -0.25) is 9.59 Å². The number of carbonyl (C=O) groups excluding carboxylic acids is 2. The summed E-state index contributed by atoms with van der Waals surface area (Å²) in [5.74, 6) is -2.16. The van der Waals surface area contributed by atoms with Crippen LogP contribution in [0.15, 0.2) is 83.0 Å². The maximum atomic E-state index is 12.6. The van der Waals surface area contributed by atoms with E-state index < -0.39 is 11.9 Å². The molecule has 0 radical (unpaired) electrons. The molecule has 0 saturated heterocycles. The fraction of sp³-hybridized carbons (Fsp3) is 0.0417. The molecule has 162 valence electrons. The number of hydrogen-bond donors (Lipinski definition) is 4. The van der Waals surface area contributed by atoms with Crippen molar-refractivity contribution in [1.82, 2.24) is 10.6 Å². The van der Waals surface area contributed by atoms with Gasteiger partial charge in [-0.2, -0.15) is 0 Å². The van der Waals surface area contributed by atoms with Gasteiger partial charge in [0.15, 0.2) is 0 Å². The number of hydrogen-bond acceptors (Lipinski definition) is 4. The van der Waals surface area contributed by atoms with Gasteiger partial charge in [-0.15, -0.1) is 0 Å². The third kappa shape index (κ3) is 6.05. The lowest BCUT2D eigenvalue weighted by atomic mass is 10.1. The number of carbonyl (C=O) groups is 3. The smallest absolute Gasteiger partial charge is 0.352 e. The first-order chi connectivity index (χ1) is 15.3. The number of aliphatic carboxylic acids is 1. The Labute approximate surface area is 192 Å². The van der Waals surface area contributed by atoms with Crippen LogP contribution in [0.3, 0.4) is 0 Å². The highest BCUT2D eigenvalue weighted by molar-refractivity contribution is 9.10. The summed E-state index contributed by atoms with van der Waals surface area (Å²) in [5, 5.41) is 24.0. The number of halogens is 1. The van der Waals surface area contributed by atoms with Gasteiger partial charge in [0.1, 0.15) is 11.4 Å². The average molecular weight is 495 g/mol. The Hall–Kier alpha value is -3.91. The summed E-state index contributed by atoms with van der Waals surface area (Å²) >= 11 is 3.27. The molecule has 3 aromatic rings. The van der Waals surface area contributed by atoms with Gasteiger partial charge in [0.05, 0.1) is 5.56 Å². The monoisotopic (exact) mass is 494 g/mol. The van der Waals surface area contributed by atoms with Gasteiger partial charge in [-0.05, 0) is 63.5 Å². The van der Waals surface area contributed by atoms with Crippen LogP contribution in [0.1, 0.15) is 31.8 Å². The van der Waals surface area contributed by atoms with Gasteiger partial charge in [0.25, 0.3) is 11.8 Å². The van der Waals surface area contributed by atoms with E-state index in [1.807, 2.05) is 0 Å². The van der Waals surface area contributed by atoms with Crippen LogP contribution < -0.4 is 10.6 Å². The number of nitrogens with one attached hydrogen (secondary N) is 2. The number of aromatic hydroxyl groups is 1. The van der Waals surface area contributed by atoms with E-state index in [0.717, 1.165) is 5.56 Å². The van der Waals surface area contributed by atoms with E-state index in [1.165, 1.54) is 30.3 Å². The zero-order chi connectivity index (χ0) is 23.1. The average Bonchev–Trinajstić information content (AvgIpc) is 2.77. The summed E-state index contributed by atoms with van der Waals surface area (Å²) < 4.78 is 0.337. The van der Waals surface area contributed by atoms with Crippen LogP contribution in [0, 0.1) is 0 Å². The number of carboxylic acids is 1. The Morgan fingerprint density at radius 3 is 2.31 bits per heavy atom. The second kappa shape index (κ2) is 10.4. The predicted octanol–water partition coefficient (Wildman–Crippen LogP) is 3.94. The quantitative estimate of drug-likeness (QED) is 0.371. The summed E-state index contributed by atoms with van der Waals surface area (Å²) in [5.41, 5.74) is 1.57. The lowest BCUT2D eigenvalue weighted by Gasteiger charge is -2.10. The van der Waals surface area contributed by atoms with E-state index in [2.05, 4.69) is 26.6 Å². The van der Waals surface area contributed by atoms with Crippen LogP contribution in [-0.4, -0.2) is 28.0 Å². The zero-order valence-corrected chi connectivity index (χ0v) is 18.3. The van der Waals surface area contributed by atoms with Crippen molar-refractivity contribution in [2.24, 2.45) is 0 Å². The van der Waals surface area contributed by atoms with Gasteiger partial charge in [-0.1, -0.05) is 42.5 Å². The number of carboxylic acid groups (broad SMARTS) is 1. The van der Waals surface area contributed by atoms with Crippen molar-refractivity contribution in [2.75, 3.05) is 0 Å². The van der Waals surface area contributed by atoms with Crippen LogP contribution in [0.4, 0.5) is 0 Å². The number of phenolic OH excluding ortho intramolecular Hbond substituents is 1. The largest absolute Gasteiger partial charge is 0.508 e. The molecule has 0 saturated carbocycles. The van der Waals surface area contributed by atoms with Crippen LogP contribution in [-0.2, 0) is 11.3 Å². The minimum atomic E-state index is -1.28. The molecule has 0 fully saturated rings. The van der Waals surface area contributed by atoms with Crippen molar-refractivity contribution in [1.29, 1.82) is 0 Å². The van der Waals surface area contributed by atoms with Crippen molar-refractivity contribution in [2.45, 2.75) is 6.54 Å². The molecule has 32 heavy (non-hydrogen) atoms. The first-order valence-electron chi connectivity index (χ1n) is 9.50.